The fourth-order valence-corrected chi connectivity index (χ4v) is 4.68. The number of benzene rings is 3. The minimum Gasteiger partial charge on any atom is -0.488 e. The molecule has 0 amide bonds. The molecule has 1 saturated heterocycles. The van der Waals surface area contributed by atoms with Crippen LogP contribution in [0, 0.1) is 0 Å². The van der Waals surface area contributed by atoms with Gasteiger partial charge in [0.15, 0.2) is 18.3 Å². The third kappa shape index (κ3) is 3.22. The van der Waals surface area contributed by atoms with E-state index >= 15 is 0 Å². The second-order valence-corrected chi connectivity index (χ2v) is 8.40. The number of aromatic nitrogens is 2. The van der Waals surface area contributed by atoms with Gasteiger partial charge in [-0.15, -0.1) is 0 Å². The van der Waals surface area contributed by atoms with Crippen LogP contribution in [0.4, 0.5) is 0 Å². The molecule has 1 fully saturated rings. The fraction of sp³-hybridized carbons (Fsp3) is 0.269. The SMILES string of the molecule is CCOC(=O)c1ccc2[nH]c3c(OCCN)c4[nH]c5ccc(C6OC(C)O6)cc5c4cc3c2c1. The summed E-state index contributed by atoms with van der Waals surface area (Å²) >= 11 is 0. The van der Waals surface area contributed by atoms with Crippen molar-refractivity contribution in [2.24, 2.45) is 5.73 Å². The largest absolute Gasteiger partial charge is 0.488 e. The summed E-state index contributed by atoms with van der Waals surface area (Å²) in [6, 6.07) is 13.8. The molecule has 0 unspecified atom stereocenters. The Hall–Kier alpha value is -3.59. The summed E-state index contributed by atoms with van der Waals surface area (Å²) < 4.78 is 22.7. The topological polar surface area (TPSA) is 112 Å². The monoisotopic (exact) mass is 459 g/mol. The minimum atomic E-state index is -0.360. The third-order valence-electron chi connectivity index (χ3n) is 6.22. The van der Waals surface area contributed by atoms with Gasteiger partial charge < -0.3 is 34.6 Å². The van der Waals surface area contributed by atoms with Crippen molar-refractivity contribution in [3.05, 3.63) is 53.6 Å². The van der Waals surface area contributed by atoms with Gasteiger partial charge >= 0.3 is 5.97 Å². The fourth-order valence-electron chi connectivity index (χ4n) is 4.68. The zero-order valence-electron chi connectivity index (χ0n) is 18.9. The molecule has 0 saturated carbocycles. The summed E-state index contributed by atoms with van der Waals surface area (Å²) in [7, 11) is 0. The molecule has 0 aliphatic carbocycles. The number of aromatic amines is 2. The average Bonchev–Trinajstić information content (AvgIpc) is 3.37. The van der Waals surface area contributed by atoms with Crippen molar-refractivity contribution in [2.45, 2.75) is 26.4 Å². The van der Waals surface area contributed by atoms with Gasteiger partial charge in [0.2, 0.25) is 0 Å². The van der Waals surface area contributed by atoms with E-state index in [2.05, 4.69) is 22.1 Å². The Balaban J connectivity index is 1.61. The first-order valence-electron chi connectivity index (χ1n) is 11.4. The number of carbonyl (C=O) groups excluding carboxylic acids is 1. The van der Waals surface area contributed by atoms with Crippen LogP contribution in [0.15, 0.2) is 42.5 Å². The standard InChI is InChI=1S/C26H25N3O5/c1-3-31-25(30)14-4-6-20-16(10-14)18-12-19-17-11-15(26-33-13(2)34-26)5-7-21(17)29-23(19)24(22(18)28-20)32-9-8-27/h4-7,10-13,26,28-29H,3,8-9,27H2,1-2H3. The molecular formula is C26H25N3O5. The Morgan fingerprint density at radius 2 is 1.65 bits per heavy atom. The van der Waals surface area contributed by atoms with E-state index in [0.717, 1.165) is 49.2 Å². The summed E-state index contributed by atoms with van der Waals surface area (Å²) in [5.41, 5.74) is 10.8. The molecule has 8 nitrogen and oxygen atoms in total. The molecule has 34 heavy (non-hydrogen) atoms. The van der Waals surface area contributed by atoms with Crippen LogP contribution in [0.1, 0.15) is 36.1 Å². The Kier molecular flexibility index (Phi) is 4.95. The predicted octanol–water partition coefficient (Wildman–Crippen LogP) is 4.86. The molecule has 1 aliphatic rings. The molecular weight excluding hydrogens is 434 g/mol. The van der Waals surface area contributed by atoms with Gasteiger partial charge in [0.25, 0.3) is 0 Å². The molecule has 0 radical (unpaired) electrons. The molecule has 0 spiro atoms. The van der Waals surface area contributed by atoms with E-state index in [0.29, 0.717) is 31.1 Å². The number of carbonyl (C=O) groups is 1. The number of rotatable bonds is 6. The first kappa shape index (κ1) is 21.0. The zero-order valence-corrected chi connectivity index (χ0v) is 18.9. The molecule has 5 aromatic rings. The highest BCUT2D eigenvalue weighted by molar-refractivity contribution is 6.21. The number of hydrogen-bond acceptors (Lipinski definition) is 6. The van der Waals surface area contributed by atoms with Gasteiger partial charge in [0, 0.05) is 44.7 Å². The Bertz CT molecular complexity index is 1560. The lowest BCUT2D eigenvalue weighted by Crippen LogP contribution is -2.31. The Labute approximate surface area is 194 Å². The summed E-state index contributed by atoms with van der Waals surface area (Å²) in [5, 5.41) is 3.92. The van der Waals surface area contributed by atoms with E-state index in [4.69, 9.17) is 24.7 Å². The van der Waals surface area contributed by atoms with Crippen molar-refractivity contribution in [3.8, 4) is 5.75 Å². The van der Waals surface area contributed by atoms with E-state index in [1.807, 2.05) is 31.2 Å². The maximum atomic E-state index is 12.4. The second kappa shape index (κ2) is 8.02. The molecule has 8 heteroatoms. The van der Waals surface area contributed by atoms with Crippen molar-refractivity contribution >= 4 is 49.6 Å². The lowest BCUT2D eigenvalue weighted by atomic mass is 10.0. The van der Waals surface area contributed by atoms with Gasteiger partial charge in [0.1, 0.15) is 6.61 Å². The summed E-state index contributed by atoms with van der Waals surface area (Å²) in [6.07, 6.45) is -0.555. The molecule has 174 valence electrons. The highest BCUT2D eigenvalue weighted by atomic mass is 16.9. The normalized spacial score (nSPS) is 18.1. The predicted molar refractivity (Wildman–Crippen MR) is 130 cm³/mol. The number of ether oxygens (including phenoxy) is 4. The summed E-state index contributed by atoms with van der Waals surface area (Å²) in [4.78, 5) is 19.3. The van der Waals surface area contributed by atoms with Gasteiger partial charge in [-0.25, -0.2) is 4.79 Å². The Morgan fingerprint density at radius 1 is 0.971 bits per heavy atom. The van der Waals surface area contributed by atoms with Crippen LogP contribution in [0.5, 0.6) is 5.75 Å². The maximum absolute atomic E-state index is 12.4. The van der Waals surface area contributed by atoms with Crippen molar-refractivity contribution in [3.63, 3.8) is 0 Å². The first-order valence-corrected chi connectivity index (χ1v) is 11.4. The molecule has 0 atom stereocenters. The highest BCUT2D eigenvalue weighted by Gasteiger charge is 2.29. The first-order chi connectivity index (χ1) is 16.6. The molecule has 3 aromatic carbocycles. The lowest BCUT2D eigenvalue weighted by Gasteiger charge is -2.33. The van der Waals surface area contributed by atoms with Crippen LogP contribution in [0.2, 0.25) is 0 Å². The van der Waals surface area contributed by atoms with Crippen LogP contribution >= 0.6 is 0 Å². The van der Waals surface area contributed by atoms with Gasteiger partial charge in [-0.3, -0.25) is 0 Å². The molecule has 2 aromatic heterocycles. The minimum absolute atomic E-state index is 0.195. The van der Waals surface area contributed by atoms with Crippen molar-refractivity contribution < 1.29 is 23.7 Å². The summed E-state index contributed by atoms with van der Waals surface area (Å²) in [6.45, 7) is 4.77. The van der Waals surface area contributed by atoms with Gasteiger partial charge in [-0.05, 0) is 50.2 Å². The van der Waals surface area contributed by atoms with Crippen LogP contribution in [0.25, 0.3) is 43.6 Å². The van der Waals surface area contributed by atoms with Crippen molar-refractivity contribution in [1.29, 1.82) is 0 Å². The molecule has 1 aliphatic heterocycles. The maximum Gasteiger partial charge on any atom is 0.338 e. The third-order valence-corrected chi connectivity index (χ3v) is 6.22. The van der Waals surface area contributed by atoms with E-state index in [1.165, 1.54) is 0 Å². The van der Waals surface area contributed by atoms with Crippen LogP contribution in [-0.4, -0.2) is 42.0 Å². The number of fused-ring (bicyclic) bond motifs is 6. The number of hydrogen-bond donors (Lipinski definition) is 3. The van der Waals surface area contributed by atoms with E-state index < -0.39 is 0 Å². The zero-order chi connectivity index (χ0) is 23.4. The van der Waals surface area contributed by atoms with Crippen LogP contribution in [0.3, 0.4) is 0 Å². The van der Waals surface area contributed by atoms with Crippen molar-refractivity contribution in [2.75, 3.05) is 19.8 Å². The number of H-pyrrole nitrogens is 2. The van der Waals surface area contributed by atoms with Gasteiger partial charge in [0.05, 0.1) is 23.2 Å². The molecule has 4 N–H and O–H groups in total. The number of esters is 1. The second-order valence-electron chi connectivity index (χ2n) is 8.40. The van der Waals surface area contributed by atoms with Crippen LogP contribution < -0.4 is 10.5 Å². The van der Waals surface area contributed by atoms with Crippen LogP contribution in [-0.2, 0) is 14.2 Å². The van der Waals surface area contributed by atoms with E-state index in [-0.39, 0.29) is 18.5 Å². The summed E-state index contributed by atoms with van der Waals surface area (Å²) in [5.74, 6) is 0.361. The molecule has 3 heterocycles. The van der Waals surface area contributed by atoms with E-state index in [1.54, 1.807) is 13.0 Å². The van der Waals surface area contributed by atoms with Gasteiger partial charge in [-0.1, -0.05) is 6.07 Å². The highest BCUT2D eigenvalue weighted by Crippen LogP contribution is 2.42. The van der Waals surface area contributed by atoms with Crippen molar-refractivity contribution in [1.82, 2.24) is 9.97 Å². The van der Waals surface area contributed by atoms with E-state index in [9.17, 15) is 4.79 Å². The molecule has 6 rings (SSSR count). The quantitative estimate of drug-likeness (QED) is 0.313. The lowest BCUT2D eigenvalue weighted by molar-refractivity contribution is -0.382. The van der Waals surface area contributed by atoms with Gasteiger partial charge in [-0.2, -0.15) is 0 Å². The smallest absolute Gasteiger partial charge is 0.338 e. The number of nitrogens with two attached hydrogens (primary N) is 1. The molecule has 0 bridgehead atoms. The Morgan fingerprint density at radius 3 is 2.29 bits per heavy atom. The number of nitrogens with one attached hydrogen (secondary N) is 2. The average molecular weight is 460 g/mol.